The van der Waals surface area contributed by atoms with Crippen LogP contribution in [0.1, 0.15) is 5.56 Å². The SMILES string of the molecule is Cc1ccc(S(=O)(=O)Oc2ccc(S(=O)(=O)O)cc2[N+](=O)OS(C)(C)c2ccccc2)cc1. The molecule has 0 fully saturated rings. The Morgan fingerprint density at radius 3 is 1.94 bits per heavy atom. The van der Waals surface area contributed by atoms with Crippen LogP contribution in [0.2, 0.25) is 0 Å². The normalized spacial score (nSPS) is 12.7. The molecule has 0 atom stereocenters. The molecule has 0 radical (unpaired) electrons. The molecule has 0 aliphatic heterocycles. The van der Waals surface area contributed by atoms with Crippen molar-refractivity contribution in [3.63, 3.8) is 0 Å². The Balaban J connectivity index is 2.03. The number of rotatable bonds is 8. The fourth-order valence-corrected chi connectivity index (χ4v) is 5.50. The molecular weight excluding hydrogens is 490 g/mol. The molecule has 0 saturated carbocycles. The first-order chi connectivity index (χ1) is 15.3. The lowest BCUT2D eigenvalue weighted by Crippen LogP contribution is -2.14. The second-order valence-corrected chi connectivity index (χ2v) is 13.4. The Morgan fingerprint density at radius 1 is 0.788 bits per heavy atom. The van der Waals surface area contributed by atoms with E-state index in [4.69, 9.17) is 8.47 Å². The number of aryl methyl sites for hydroxylation is 1. The predicted molar refractivity (Wildman–Crippen MR) is 124 cm³/mol. The van der Waals surface area contributed by atoms with Crippen molar-refractivity contribution < 1.29 is 34.8 Å². The van der Waals surface area contributed by atoms with Gasteiger partial charge in [0.25, 0.3) is 15.0 Å². The predicted octanol–water partition coefficient (Wildman–Crippen LogP) is 4.39. The van der Waals surface area contributed by atoms with E-state index < -0.39 is 46.9 Å². The number of nitrogens with zero attached hydrogens (tertiary/aromatic N) is 1. The summed E-state index contributed by atoms with van der Waals surface area (Å²) in [6.07, 6.45) is 3.37. The van der Waals surface area contributed by atoms with E-state index in [9.17, 15) is 26.3 Å². The zero-order valence-corrected chi connectivity index (χ0v) is 20.4. The summed E-state index contributed by atoms with van der Waals surface area (Å²) >= 11 is 0. The zero-order valence-electron chi connectivity index (χ0n) is 17.9. The molecule has 0 spiro atoms. The molecule has 0 amide bonds. The van der Waals surface area contributed by atoms with Gasteiger partial charge in [0.1, 0.15) is 9.79 Å². The maximum Gasteiger partial charge on any atom is 0.362 e. The van der Waals surface area contributed by atoms with E-state index in [0.29, 0.717) is 4.90 Å². The Kier molecular flexibility index (Phi) is 6.84. The Bertz CT molecular complexity index is 1390. The van der Waals surface area contributed by atoms with Crippen LogP contribution in [-0.4, -0.2) is 38.8 Å². The third-order valence-corrected chi connectivity index (χ3v) is 8.51. The van der Waals surface area contributed by atoms with Crippen molar-refractivity contribution in [2.75, 3.05) is 12.5 Å². The second kappa shape index (κ2) is 9.14. The molecule has 3 rings (SSSR count). The smallest absolute Gasteiger partial charge is 0.362 e. The standard InChI is InChI=1S/C21H21NO8S3/c1-16-9-11-18(12-10-16)33(27,28)29-21-14-13-19(32(24,25)26)15-20(21)22(23)30-31(2,3)17-7-5-4-6-8-17/h4-15H,1-3H3/p+1. The van der Waals surface area contributed by atoms with Gasteiger partial charge in [-0.1, -0.05) is 35.9 Å². The molecule has 3 aromatic carbocycles. The van der Waals surface area contributed by atoms with Gasteiger partial charge in [-0.15, -0.1) is 0 Å². The van der Waals surface area contributed by atoms with Gasteiger partial charge in [-0.05, 0) is 43.3 Å². The summed E-state index contributed by atoms with van der Waals surface area (Å²) < 4.78 is 68.8. The van der Waals surface area contributed by atoms with Crippen molar-refractivity contribution in [3.05, 3.63) is 83.3 Å². The zero-order chi connectivity index (χ0) is 24.4. The largest absolute Gasteiger partial charge is 0.371 e. The molecular formula is C21H22NO8S3+. The van der Waals surface area contributed by atoms with E-state index in [1.807, 2.05) is 0 Å². The summed E-state index contributed by atoms with van der Waals surface area (Å²) in [4.78, 5) is 12.9. The first kappa shape index (κ1) is 24.7. The van der Waals surface area contributed by atoms with Crippen LogP contribution in [0, 0.1) is 11.8 Å². The van der Waals surface area contributed by atoms with Crippen LogP contribution in [0.5, 0.6) is 5.75 Å². The van der Waals surface area contributed by atoms with Crippen LogP contribution in [0.25, 0.3) is 0 Å². The lowest BCUT2D eigenvalue weighted by molar-refractivity contribution is -0.696. The maximum atomic E-state index is 13.0. The highest BCUT2D eigenvalue weighted by Gasteiger charge is 2.34. The van der Waals surface area contributed by atoms with Gasteiger partial charge in [0, 0.05) is 33.8 Å². The minimum Gasteiger partial charge on any atom is -0.371 e. The van der Waals surface area contributed by atoms with Crippen LogP contribution in [0.4, 0.5) is 5.69 Å². The molecule has 0 unspecified atom stereocenters. The summed E-state index contributed by atoms with van der Waals surface area (Å²) in [6.45, 7) is 1.78. The van der Waals surface area contributed by atoms with Gasteiger partial charge in [-0.2, -0.15) is 21.1 Å². The van der Waals surface area contributed by atoms with Gasteiger partial charge < -0.3 is 4.18 Å². The highest BCUT2D eigenvalue weighted by atomic mass is 32.3. The second-order valence-electron chi connectivity index (χ2n) is 7.33. The van der Waals surface area contributed by atoms with Gasteiger partial charge in [-0.25, -0.2) is 0 Å². The maximum absolute atomic E-state index is 13.0. The van der Waals surface area contributed by atoms with E-state index in [-0.39, 0.29) is 9.82 Å². The van der Waals surface area contributed by atoms with E-state index in [0.717, 1.165) is 23.8 Å². The molecule has 3 aromatic rings. The minimum atomic E-state index is -4.69. The summed E-state index contributed by atoms with van der Waals surface area (Å²) in [5.41, 5.74) is 0.287. The summed E-state index contributed by atoms with van der Waals surface area (Å²) in [6, 6.07) is 17.3. The number of hydrogen-bond donors (Lipinski definition) is 1. The van der Waals surface area contributed by atoms with E-state index in [2.05, 4.69) is 0 Å². The van der Waals surface area contributed by atoms with E-state index in [1.54, 1.807) is 61.9 Å². The lowest BCUT2D eigenvalue weighted by Gasteiger charge is -2.23. The van der Waals surface area contributed by atoms with Crippen LogP contribution in [0.3, 0.4) is 0 Å². The summed E-state index contributed by atoms with van der Waals surface area (Å²) in [5, 5.41) is 0. The molecule has 176 valence electrons. The van der Waals surface area contributed by atoms with Crippen LogP contribution in [0.15, 0.2) is 87.5 Å². The first-order valence-corrected chi connectivity index (χ1v) is 14.6. The van der Waals surface area contributed by atoms with Gasteiger partial charge in [0.15, 0.2) is 0 Å². The van der Waals surface area contributed by atoms with Gasteiger partial charge in [0.2, 0.25) is 5.75 Å². The highest BCUT2D eigenvalue weighted by Crippen LogP contribution is 2.51. The molecule has 0 aromatic heterocycles. The van der Waals surface area contributed by atoms with Gasteiger partial charge >= 0.3 is 15.8 Å². The lowest BCUT2D eigenvalue weighted by atomic mass is 10.2. The topological polar surface area (TPSA) is 127 Å². The molecule has 33 heavy (non-hydrogen) atoms. The third kappa shape index (κ3) is 5.90. The van der Waals surface area contributed by atoms with Crippen molar-refractivity contribution >= 4 is 36.2 Å². The van der Waals surface area contributed by atoms with Crippen molar-refractivity contribution in [1.29, 1.82) is 0 Å². The Labute approximate surface area is 193 Å². The van der Waals surface area contributed by atoms with Crippen LogP contribution in [-0.2, 0) is 24.5 Å². The molecule has 0 heterocycles. The van der Waals surface area contributed by atoms with Crippen molar-refractivity contribution in [2.45, 2.75) is 21.6 Å². The molecule has 0 bridgehead atoms. The quantitative estimate of drug-likeness (QED) is 0.267. The molecule has 0 aliphatic rings. The fraction of sp³-hybridized carbons (Fsp3) is 0.143. The molecule has 12 heteroatoms. The summed E-state index contributed by atoms with van der Waals surface area (Å²) in [5.74, 6) is -0.471. The monoisotopic (exact) mass is 512 g/mol. The average molecular weight is 513 g/mol. The van der Waals surface area contributed by atoms with E-state index >= 15 is 0 Å². The van der Waals surface area contributed by atoms with Crippen LogP contribution < -0.4 is 4.18 Å². The molecule has 0 saturated heterocycles. The number of hydrogen-bond acceptors (Lipinski definition) is 7. The number of benzene rings is 3. The third-order valence-electron chi connectivity index (χ3n) is 4.50. The Hall–Kier alpha value is -2.93. The van der Waals surface area contributed by atoms with Gasteiger partial charge in [0.05, 0.1) is 4.91 Å². The van der Waals surface area contributed by atoms with Crippen LogP contribution >= 0.6 is 10.3 Å². The van der Waals surface area contributed by atoms with Crippen molar-refractivity contribution in [1.82, 2.24) is 0 Å². The van der Waals surface area contributed by atoms with Gasteiger partial charge in [-0.3, -0.25) is 4.55 Å². The fourth-order valence-electron chi connectivity index (χ4n) is 2.74. The molecule has 0 aliphatic carbocycles. The van der Waals surface area contributed by atoms with Crippen molar-refractivity contribution in [2.24, 2.45) is 0 Å². The average Bonchev–Trinajstić information content (AvgIpc) is 2.73. The first-order valence-electron chi connectivity index (χ1n) is 9.37. The summed E-state index contributed by atoms with van der Waals surface area (Å²) in [7, 11) is -11.2. The molecule has 9 nitrogen and oxygen atoms in total. The Morgan fingerprint density at radius 2 is 1.36 bits per heavy atom. The highest BCUT2D eigenvalue weighted by molar-refractivity contribution is 8.28. The molecule has 1 N–H and O–H groups in total. The van der Waals surface area contributed by atoms with E-state index in [1.165, 1.54) is 12.1 Å². The van der Waals surface area contributed by atoms with Crippen molar-refractivity contribution in [3.8, 4) is 5.75 Å². The minimum absolute atomic E-state index is 0.00297.